The predicted octanol–water partition coefficient (Wildman–Crippen LogP) is 1.75. The van der Waals surface area contributed by atoms with Gasteiger partial charge in [-0.25, -0.2) is 4.79 Å². The van der Waals surface area contributed by atoms with Crippen LogP contribution in [-0.4, -0.2) is 28.9 Å². The number of carbonyl (C=O) groups is 1. The minimum Gasteiger partial charge on any atom is -0.464 e. The highest BCUT2D eigenvalue weighted by molar-refractivity contribution is 9.11. The standard InChI is InChI=1S/C11H13Br2NO4/c1-2-18-11(17)10(16)9(15)6-3-5(12)4-7(13)8(6)14/h3-4,9-10,15-16H,2,14H2,1H3. The number of hydrogen-bond acceptors (Lipinski definition) is 5. The number of nitrogens with two attached hydrogens (primary N) is 1. The number of carbonyl (C=O) groups excluding carboxylic acids is 1. The smallest absolute Gasteiger partial charge is 0.338 e. The third kappa shape index (κ3) is 3.44. The van der Waals surface area contributed by atoms with Crippen molar-refractivity contribution >= 4 is 43.5 Å². The molecule has 0 aliphatic heterocycles. The molecule has 2 atom stereocenters. The van der Waals surface area contributed by atoms with Gasteiger partial charge in [0.2, 0.25) is 0 Å². The lowest BCUT2D eigenvalue weighted by Gasteiger charge is -2.19. The van der Waals surface area contributed by atoms with E-state index in [-0.39, 0.29) is 17.9 Å². The molecule has 2 unspecified atom stereocenters. The fourth-order valence-corrected chi connectivity index (χ4v) is 2.63. The number of esters is 1. The van der Waals surface area contributed by atoms with Gasteiger partial charge in [0.15, 0.2) is 6.10 Å². The zero-order valence-electron chi connectivity index (χ0n) is 9.56. The Balaban J connectivity index is 3.03. The fourth-order valence-electron chi connectivity index (χ4n) is 1.38. The van der Waals surface area contributed by atoms with Crippen molar-refractivity contribution in [2.75, 3.05) is 12.3 Å². The van der Waals surface area contributed by atoms with E-state index in [1.54, 1.807) is 13.0 Å². The highest BCUT2D eigenvalue weighted by Gasteiger charge is 2.29. The van der Waals surface area contributed by atoms with Crippen molar-refractivity contribution in [3.05, 3.63) is 26.6 Å². The van der Waals surface area contributed by atoms with Crippen molar-refractivity contribution in [1.82, 2.24) is 0 Å². The summed E-state index contributed by atoms with van der Waals surface area (Å²) in [6, 6.07) is 3.23. The van der Waals surface area contributed by atoms with Crippen LogP contribution in [0.3, 0.4) is 0 Å². The van der Waals surface area contributed by atoms with Crippen LogP contribution < -0.4 is 5.73 Å². The van der Waals surface area contributed by atoms with Crippen molar-refractivity contribution in [2.24, 2.45) is 0 Å². The zero-order valence-corrected chi connectivity index (χ0v) is 12.7. The first-order chi connectivity index (χ1) is 8.38. The number of nitrogen functional groups attached to an aromatic ring is 1. The number of aliphatic hydroxyl groups is 2. The van der Waals surface area contributed by atoms with Crippen molar-refractivity contribution in [3.8, 4) is 0 Å². The first-order valence-corrected chi connectivity index (χ1v) is 6.74. The van der Waals surface area contributed by atoms with Gasteiger partial charge in [-0.1, -0.05) is 15.9 Å². The molecular formula is C11H13Br2NO4. The van der Waals surface area contributed by atoms with Gasteiger partial charge in [-0.3, -0.25) is 0 Å². The van der Waals surface area contributed by atoms with E-state index in [2.05, 4.69) is 36.6 Å². The molecule has 5 nitrogen and oxygen atoms in total. The van der Waals surface area contributed by atoms with E-state index < -0.39 is 18.2 Å². The minimum absolute atomic E-state index is 0.125. The summed E-state index contributed by atoms with van der Waals surface area (Å²) in [4.78, 5) is 11.3. The number of ether oxygens (including phenoxy) is 1. The number of aliphatic hydroxyl groups excluding tert-OH is 2. The molecule has 0 bridgehead atoms. The Morgan fingerprint density at radius 2 is 2.06 bits per heavy atom. The summed E-state index contributed by atoms with van der Waals surface area (Å²) in [7, 11) is 0. The molecule has 1 aromatic carbocycles. The van der Waals surface area contributed by atoms with Gasteiger partial charge in [-0.05, 0) is 35.0 Å². The highest BCUT2D eigenvalue weighted by Crippen LogP contribution is 2.33. The van der Waals surface area contributed by atoms with Crippen LogP contribution in [-0.2, 0) is 9.53 Å². The molecule has 1 aromatic rings. The summed E-state index contributed by atoms with van der Waals surface area (Å²) in [6.45, 7) is 1.74. The normalized spacial score (nSPS) is 14.1. The van der Waals surface area contributed by atoms with E-state index in [4.69, 9.17) is 5.73 Å². The van der Waals surface area contributed by atoms with E-state index in [0.29, 0.717) is 8.95 Å². The zero-order chi connectivity index (χ0) is 13.9. The molecule has 100 valence electrons. The third-order valence-corrected chi connectivity index (χ3v) is 3.39. The topological polar surface area (TPSA) is 92.8 Å². The van der Waals surface area contributed by atoms with E-state index in [1.165, 1.54) is 6.07 Å². The number of halogens is 2. The van der Waals surface area contributed by atoms with Gasteiger partial charge in [-0.15, -0.1) is 0 Å². The lowest BCUT2D eigenvalue weighted by atomic mass is 10.0. The molecule has 1 rings (SSSR count). The van der Waals surface area contributed by atoms with Gasteiger partial charge in [0, 0.05) is 14.5 Å². The molecule has 0 spiro atoms. The molecule has 0 aliphatic rings. The van der Waals surface area contributed by atoms with E-state index in [1.807, 2.05) is 0 Å². The molecule has 7 heteroatoms. The monoisotopic (exact) mass is 381 g/mol. The number of benzene rings is 1. The average molecular weight is 383 g/mol. The number of rotatable bonds is 4. The summed E-state index contributed by atoms with van der Waals surface area (Å²) >= 11 is 6.46. The molecule has 0 aromatic heterocycles. The van der Waals surface area contributed by atoms with Crippen LogP contribution in [0.4, 0.5) is 5.69 Å². The molecule has 4 N–H and O–H groups in total. The minimum atomic E-state index is -1.67. The van der Waals surface area contributed by atoms with Crippen molar-refractivity contribution in [2.45, 2.75) is 19.1 Å². The van der Waals surface area contributed by atoms with Crippen molar-refractivity contribution in [3.63, 3.8) is 0 Å². The van der Waals surface area contributed by atoms with E-state index in [0.717, 1.165) is 0 Å². The largest absolute Gasteiger partial charge is 0.464 e. The van der Waals surface area contributed by atoms with Gasteiger partial charge < -0.3 is 20.7 Å². The SMILES string of the molecule is CCOC(=O)C(O)C(O)c1cc(Br)cc(Br)c1N. The van der Waals surface area contributed by atoms with Crippen LogP contribution >= 0.6 is 31.9 Å². The molecule has 0 saturated carbocycles. The summed E-state index contributed by atoms with van der Waals surface area (Å²) in [5.41, 5.74) is 6.28. The lowest BCUT2D eigenvalue weighted by molar-refractivity contribution is -0.159. The summed E-state index contributed by atoms with van der Waals surface area (Å²) in [5, 5.41) is 19.6. The quantitative estimate of drug-likeness (QED) is 0.545. The molecule has 0 heterocycles. The average Bonchev–Trinajstić information content (AvgIpc) is 2.32. The lowest BCUT2D eigenvalue weighted by Crippen LogP contribution is -2.30. The van der Waals surface area contributed by atoms with Gasteiger partial charge in [-0.2, -0.15) is 0 Å². The molecule has 0 amide bonds. The van der Waals surface area contributed by atoms with Gasteiger partial charge in [0.05, 0.1) is 12.3 Å². The van der Waals surface area contributed by atoms with Crippen molar-refractivity contribution in [1.29, 1.82) is 0 Å². The van der Waals surface area contributed by atoms with Crippen LogP contribution in [0, 0.1) is 0 Å². The van der Waals surface area contributed by atoms with E-state index >= 15 is 0 Å². The van der Waals surface area contributed by atoms with Crippen LogP contribution in [0.1, 0.15) is 18.6 Å². The Morgan fingerprint density at radius 1 is 1.44 bits per heavy atom. The molecular weight excluding hydrogens is 370 g/mol. The Hall–Kier alpha value is -0.630. The second-order valence-corrected chi connectivity index (χ2v) is 5.30. The molecule has 0 fully saturated rings. The molecule has 18 heavy (non-hydrogen) atoms. The third-order valence-electron chi connectivity index (χ3n) is 2.27. The van der Waals surface area contributed by atoms with Gasteiger partial charge in [0.25, 0.3) is 0 Å². The summed E-state index contributed by atoms with van der Waals surface area (Å²) in [6.07, 6.45) is -3.12. The maximum atomic E-state index is 11.3. The second kappa shape index (κ2) is 6.51. The summed E-state index contributed by atoms with van der Waals surface area (Å²) < 4.78 is 5.85. The van der Waals surface area contributed by atoms with Gasteiger partial charge in [0.1, 0.15) is 6.10 Å². The summed E-state index contributed by atoms with van der Waals surface area (Å²) in [5.74, 6) is -0.888. The number of hydrogen-bond donors (Lipinski definition) is 3. The van der Waals surface area contributed by atoms with Crippen molar-refractivity contribution < 1.29 is 19.7 Å². The fraction of sp³-hybridized carbons (Fsp3) is 0.364. The Kier molecular flexibility index (Phi) is 5.58. The van der Waals surface area contributed by atoms with Gasteiger partial charge >= 0.3 is 5.97 Å². The highest BCUT2D eigenvalue weighted by atomic mass is 79.9. The Morgan fingerprint density at radius 3 is 2.61 bits per heavy atom. The van der Waals surface area contributed by atoms with Crippen LogP contribution in [0.5, 0.6) is 0 Å². The van der Waals surface area contributed by atoms with E-state index in [9.17, 15) is 15.0 Å². The first-order valence-electron chi connectivity index (χ1n) is 5.15. The maximum absolute atomic E-state index is 11.3. The van der Waals surface area contributed by atoms with Crippen LogP contribution in [0.25, 0.3) is 0 Å². The molecule has 0 aliphatic carbocycles. The second-order valence-electron chi connectivity index (χ2n) is 3.53. The van der Waals surface area contributed by atoms with Crippen LogP contribution in [0.15, 0.2) is 21.1 Å². The van der Waals surface area contributed by atoms with Crippen LogP contribution in [0.2, 0.25) is 0 Å². The number of anilines is 1. The molecule has 0 radical (unpaired) electrons. The molecule has 0 saturated heterocycles. The Bertz CT molecular complexity index is 453. The maximum Gasteiger partial charge on any atom is 0.338 e. The predicted molar refractivity (Wildman–Crippen MR) is 73.9 cm³/mol. The Labute approximate surface area is 121 Å². The first kappa shape index (κ1) is 15.4.